The zero-order chi connectivity index (χ0) is 55.9. The molecule has 0 saturated heterocycles. The molecule has 5 nitrogen and oxygen atoms in total. The standard InChI is InChI=1S/C75H72N4O/c1-72(2,3)50-36-37-76-69(44-50)79-67-31-19-18-28-60(67)61-35-33-56(46-68(61)79)80-55-25-20-24-54(45-55)77-66-30-21-29-62-59-34-32-48(47-22-14-13-15-23-47)40-64(59)57-26-16-17-27-58(57)65-43-53(75(10,11)12)42-63(70(65)78-71(62)66)49-38-51(73(4,5)6)41-52(39-49)74(7,8)9/h13-46,77-78H,1-12H3. The summed E-state index contributed by atoms with van der Waals surface area (Å²) in [5.74, 6) is 2.34. The van der Waals surface area contributed by atoms with Gasteiger partial charge in [-0.05, 0) is 149 Å². The smallest absolute Gasteiger partial charge is 0.137 e. The van der Waals surface area contributed by atoms with Crippen molar-refractivity contribution in [3.8, 4) is 39.6 Å². The number of benzene rings is 9. The van der Waals surface area contributed by atoms with Gasteiger partial charge in [0.15, 0.2) is 0 Å². The van der Waals surface area contributed by atoms with Crippen LogP contribution in [0.4, 0.5) is 11.4 Å². The van der Waals surface area contributed by atoms with Gasteiger partial charge in [-0.25, -0.2) is 4.98 Å². The fourth-order valence-corrected chi connectivity index (χ4v) is 11.4. The topological polar surface area (TPSA) is 54.9 Å². The molecule has 0 radical (unpaired) electrons. The summed E-state index contributed by atoms with van der Waals surface area (Å²) in [5, 5.41) is 13.2. The van der Waals surface area contributed by atoms with Crippen molar-refractivity contribution in [2.24, 2.45) is 0 Å². The average Bonchev–Trinajstić information content (AvgIpc) is 3.87. The number of rotatable bonds is 7. The van der Waals surface area contributed by atoms with Crippen LogP contribution >= 0.6 is 0 Å². The van der Waals surface area contributed by atoms with Crippen molar-refractivity contribution in [3.63, 3.8) is 0 Å². The monoisotopic (exact) mass is 1040 g/mol. The first kappa shape index (κ1) is 52.1. The summed E-state index contributed by atoms with van der Waals surface area (Å²) < 4.78 is 9.12. The largest absolute Gasteiger partial charge is 0.457 e. The summed E-state index contributed by atoms with van der Waals surface area (Å²) in [4.78, 5) is 9.20. The maximum atomic E-state index is 6.85. The predicted molar refractivity (Wildman–Crippen MR) is 342 cm³/mol. The van der Waals surface area contributed by atoms with E-state index in [0.717, 1.165) is 72.3 Å². The molecule has 12 aromatic rings. The lowest BCUT2D eigenvalue weighted by Gasteiger charge is -2.27. The van der Waals surface area contributed by atoms with Crippen LogP contribution in [-0.4, -0.2) is 14.5 Å². The molecule has 0 bridgehead atoms. The van der Waals surface area contributed by atoms with Gasteiger partial charge in [0.25, 0.3) is 0 Å². The van der Waals surface area contributed by atoms with Crippen molar-refractivity contribution < 1.29 is 4.74 Å². The second-order valence-electron chi connectivity index (χ2n) is 26.0. The van der Waals surface area contributed by atoms with Gasteiger partial charge in [-0.15, -0.1) is 0 Å². The van der Waals surface area contributed by atoms with E-state index < -0.39 is 0 Å². The third kappa shape index (κ3) is 9.84. The Kier molecular flexibility index (Phi) is 12.8. The van der Waals surface area contributed by atoms with Crippen LogP contribution in [0.3, 0.4) is 0 Å². The van der Waals surface area contributed by atoms with E-state index in [-0.39, 0.29) is 21.7 Å². The molecule has 3 heterocycles. The summed E-state index contributed by atoms with van der Waals surface area (Å²) in [5.41, 5.74) is 15.5. The molecule has 0 aliphatic rings. The number of H-pyrrole nitrogens is 1. The van der Waals surface area contributed by atoms with E-state index in [4.69, 9.17) is 9.72 Å². The minimum absolute atomic E-state index is 0.0294. The van der Waals surface area contributed by atoms with Crippen molar-refractivity contribution in [1.29, 1.82) is 0 Å². The summed E-state index contributed by atoms with van der Waals surface area (Å²) in [6.07, 6.45) is 1.92. The Morgan fingerprint density at radius 2 is 0.963 bits per heavy atom. The number of aromatic amines is 1. The maximum absolute atomic E-state index is 6.85. The highest BCUT2D eigenvalue weighted by molar-refractivity contribution is 6.22. The van der Waals surface area contributed by atoms with Crippen molar-refractivity contribution >= 4 is 76.5 Å². The molecule has 398 valence electrons. The molecule has 9 aromatic carbocycles. The second kappa shape index (κ2) is 19.6. The number of ether oxygens (including phenoxy) is 1. The van der Waals surface area contributed by atoms with Gasteiger partial charge < -0.3 is 15.0 Å². The fraction of sp³-hybridized carbons (Fsp3) is 0.213. The van der Waals surface area contributed by atoms with E-state index in [9.17, 15) is 0 Å². The highest BCUT2D eigenvalue weighted by Crippen LogP contribution is 2.44. The first-order valence-corrected chi connectivity index (χ1v) is 28.3. The lowest BCUT2D eigenvalue weighted by molar-refractivity contribution is 0.483. The normalized spacial score (nSPS) is 12.5. The molecule has 0 fully saturated rings. The van der Waals surface area contributed by atoms with Crippen LogP contribution < -0.4 is 10.1 Å². The van der Waals surface area contributed by atoms with Crippen molar-refractivity contribution in [2.45, 2.75) is 105 Å². The SMILES string of the molecule is CC(C)(C)c1cc(-c2cc(C(C)(C)C)cc3c2[nH]c2c(Nc4cccc(Oc5ccc6c7ccccc7n(-c7cc(C(C)(C)C)ccn7)c6c5)c4)cccc2c2ccc(-c4ccccc4)cc2c2ccccc32)cc(C(C)(C)C)c1. The molecular weight excluding hydrogens is 973 g/mol. The Bertz CT molecular complexity index is 4420. The van der Waals surface area contributed by atoms with Gasteiger partial charge >= 0.3 is 0 Å². The number of nitrogens with one attached hydrogen (secondary N) is 2. The lowest BCUT2D eigenvalue weighted by Crippen LogP contribution is -2.16. The Hall–Kier alpha value is -8.67. The van der Waals surface area contributed by atoms with Gasteiger partial charge in [0.2, 0.25) is 0 Å². The molecule has 0 aliphatic heterocycles. The van der Waals surface area contributed by atoms with Gasteiger partial charge in [0.1, 0.15) is 17.3 Å². The van der Waals surface area contributed by atoms with Gasteiger partial charge in [0, 0.05) is 51.1 Å². The van der Waals surface area contributed by atoms with Crippen LogP contribution in [0.25, 0.3) is 93.2 Å². The summed E-state index contributed by atoms with van der Waals surface area (Å²) in [6.45, 7) is 27.7. The quantitative estimate of drug-likeness (QED) is 0.167. The first-order chi connectivity index (χ1) is 38.2. The number of fused-ring (bicyclic) bond motifs is 10. The van der Waals surface area contributed by atoms with Crippen LogP contribution in [0.2, 0.25) is 0 Å². The Morgan fingerprint density at radius 1 is 0.375 bits per heavy atom. The fourth-order valence-electron chi connectivity index (χ4n) is 11.4. The Labute approximate surface area is 471 Å². The highest BCUT2D eigenvalue weighted by Gasteiger charge is 2.25. The van der Waals surface area contributed by atoms with Crippen molar-refractivity contribution in [1.82, 2.24) is 14.5 Å². The molecule has 0 spiro atoms. The average molecular weight is 1050 g/mol. The van der Waals surface area contributed by atoms with Crippen LogP contribution in [0.5, 0.6) is 11.5 Å². The van der Waals surface area contributed by atoms with E-state index in [1.165, 1.54) is 66.1 Å². The van der Waals surface area contributed by atoms with E-state index in [2.05, 4.69) is 292 Å². The number of anilines is 2. The molecule has 80 heavy (non-hydrogen) atoms. The summed E-state index contributed by atoms with van der Waals surface area (Å²) >= 11 is 0. The second-order valence-corrected chi connectivity index (χ2v) is 26.0. The molecule has 3 aromatic heterocycles. The van der Waals surface area contributed by atoms with E-state index in [0.29, 0.717) is 0 Å². The lowest BCUT2D eigenvalue weighted by atomic mass is 9.78. The van der Waals surface area contributed by atoms with Crippen LogP contribution in [-0.2, 0) is 21.7 Å². The van der Waals surface area contributed by atoms with E-state index in [1.807, 2.05) is 12.3 Å². The first-order valence-electron chi connectivity index (χ1n) is 28.3. The zero-order valence-corrected chi connectivity index (χ0v) is 48.4. The molecule has 2 N–H and O–H groups in total. The molecule has 5 heteroatoms. The van der Waals surface area contributed by atoms with Crippen LogP contribution in [0.15, 0.2) is 206 Å². The Morgan fingerprint density at radius 3 is 1.68 bits per heavy atom. The number of para-hydroxylation sites is 2. The predicted octanol–water partition coefficient (Wildman–Crippen LogP) is 21.3. The number of hydrogen-bond donors (Lipinski definition) is 2. The molecule has 12 rings (SSSR count). The van der Waals surface area contributed by atoms with Gasteiger partial charge in [0.05, 0.1) is 27.8 Å². The maximum Gasteiger partial charge on any atom is 0.137 e. The molecular formula is C75H72N4O. The van der Waals surface area contributed by atoms with Gasteiger partial charge in [-0.2, -0.15) is 0 Å². The highest BCUT2D eigenvalue weighted by atomic mass is 16.5. The zero-order valence-electron chi connectivity index (χ0n) is 48.4. The third-order valence-corrected chi connectivity index (χ3v) is 16.1. The third-order valence-electron chi connectivity index (χ3n) is 16.1. The molecule has 0 amide bonds. The van der Waals surface area contributed by atoms with E-state index in [1.54, 1.807) is 0 Å². The summed E-state index contributed by atoms with van der Waals surface area (Å²) in [6, 6.07) is 73.2. The molecule has 0 aliphatic carbocycles. The minimum Gasteiger partial charge on any atom is -0.457 e. The van der Waals surface area contributed by atoms with Crippen molar-refractivity contribution in [2.75, 3.05) is 5.32 Å². The summed E-state index contributed by atoms with van der Waals surface area (Å²) in [7, 11) is 0. The molecule has 0 unspecified atom stereocenters. The number of aromatic nitrogens is 3. The Balaban J connectivity index is 1.08. The minimum atomic E-state index is -0.152. The number of hydrogen-bond acceptors (Lipinski definition) is 3. The van der Waals surface area contributed by atoms with Gasteiger partial charge in [-0.1, -0.05) is 204 Å². The number of nitrogens with zero attached hydrogens (tertiary/aromatic N) is 2. The number of pyridine rings is 1. The molecule has 0 atom stereocenters. The van der Waals surface area contributed by atoms with Crippen LogP contribution in [0.1, 0.15) is 105 Å². The molecule has 0 saturated carbocycles. The van der Waals surface area contributed by atoms with E-state index >= 15 is 0 Å². The van der Waals surface area contributed by atoms with Crippen LogP contribution in [0, 0.1) is 0 Å². The van der Waals surface area contributed by atoms with Crippen molar-refractivity contribution in [3.05, 3.63) is 229 Å². The van der Waals surface area contributed by atoms with Gasteiger partial charge in [-0.3, -0.25) is 4.57 Å².